The predicted molar refractivity (Wildman–Crippen MR) is 386 cm³/mol. The Hall–Kier alpha value is -1.94. The molecular weight excluding hydrogens is 1250 g/mol. The second kappa shape index (κ2) is 67.9. The van der Waals surface area contributed by atoms with Gasteiger partial charge in [0.1, 0.15) is 19.3 Å². The average Bonchev–Trinajstić information content (AvgIpc) is 1.41. The first kappa shape index (κ1) is 93.1. The van der Waals surface area contributed by atoms with E-state index in [0.717, 1.165) is 108 Å². The van der Waals surface area contributed by atoms with Crippen LogP contribution in [0.2, 0.25) is 0 Å². The molecule has 0 spiro atoms. The maximum absolute atomic E-state index is 13.1. The monoisotopic (exact) mass is 1400 g/mol. The third-order valence-corrected chi connectivity index (χ3v) is 20.0. The molecule has 17 nitrogen and oxygen atoms in total. The van der Waals surface area contributed by atoms with E-state index >= 15 is 0 Å². The Kier molecular flexibility index (Phi) is 66.5. The molecule has 0 amide bonds. The van der Waals surface area contributed by atoms with Gasteiger partial charge in [0.05, 0.1) is 26.4 Å². The Morgan fingerprint density at radius 1 is 0.305 bits per heavy atom. The van der Waals surface area contributed by atoms with Crippen molar-refractivity contribution in [2.75, 3.05) is 39.6 Å². The highest BCUT2D eigenvalue weighted by Gasteiger charge is 2.30. The molecule has 0 fully saturated rings. The van der Waals surface area contributed by atoms with Gasteiger partial charge in [-0.15, -0.1) is 0 Å². The number of ether oxygens (including phenoxy) is 4. The minimum absolute atomic E-state index is 0.106. The molecule has 0 rings (SSSR count). The quantitative estimate of drug-likeness (QED) is 0.0222. The summed E-state index contributed by atoms with van der Waals surface area (Å²) in [5, 5.41) is 10.6. The summed E-state index contributed by atoms with van der Waals surface area (Å²) in [6.07, 6.45) is 55.9. The van der Waals surface area contributed by atoms with Crippen LogP contribution in [0.4, 0.5) is 0 Å². The molecule has 0 aliphatic carbocycles. The van der Waals surface area contributed by atoms with Crippen molar-refractivity contribution < 1.29 is 80.2 Å². The van der Waals surface area contributed by atoms with Crippen LogP contribution < -0.4 is 0 Å². The first-order valence-corrected chi connectivity index (χ1v) is 42.5. The Bertz CT molecular complexity index is 1840. The molecule has 0 saturated heterocycles. The summed E-state index contributed by atoms with van der Waals surface area (Å²) < 4.78 is 68.3. The van der Waals surface area contributed by atoms with Crippen molar-refractivity contribution in [3.05, 3.63) is 0 Å². The summed E-state index contributed by atoms with van der Waals surface area (Å²) in [5.41, 5.74) is 0. The van der Waals surface area contributed by atoms with Crippen LogP contribution in [0.5, 0.6) is 0 Å². The largest absolute Gasteiger partial charge is 0.472 e. The molecule has 6 atom stereocenters. The lowest BCUT2D eigenvalue weighted by atomic mass is 9.99. The van der Waals surface area contributed by atoms with Gasteiger partial charge in [0.15, 0.2) is 12.2 Å². The van der Waals surface area contributed by atoms with Crippen LogP contribution in [-0.2, 0) is 65.4 Å². The standard InChI is InChI=1S/C76H148O17P2/c1-7-10-12-14-15-16-17-18-19-20-21-22-26-31-36-41-47-53-59-74(79)87-65-72(93-76(81)60-54-48-42-37-32-27-24-23-25-30-35-40-46-51-57-69(6)9-3)67-91-95(84,85)89-63-70(77)62-88-94(82,83)90-66-71(64-86-73(78)58-52-44-13-11-8-2)92-75(80)61-55-49-43-38-33-28-29-34-39-45-50-56-68(4)5/h68-72,77H,7-67H2,1-6H3,(H,82,83)(H,84,85)/t69?,70-,71+,72+/m0/s1. The number of esters is 4. The van der Waals surface area contributed by atoms with Crippen LogP contribution in [0.3, 0.4) is 0 Å². The number of carbonyl (C=O) groups excluding carboxylic acids is 4. The van der Waals surface area contributed by atoms with Gasteiger partial charge < -0.3 is 33.8 Å². The highest BCUT2D eigenvalue weighted by atomic mass is 31.2. The van der Waals surface area contributed by atoms with E-state index in [1.807, 2.05) is 0 Å². The third-order valence-electron chi connectivity index (χ3n) is 18.1. The lowest BCUT2D eigenvalue weighted by Crippen LogP contribution is -2.30. The lowest BCUT2D eigenvalue weighted by Gasteiger charge is -2.21. The van der Waals surface area contributed by atoms with Crippen LogP contribution in [-0.4, -0.2) is 96.7 Å². The van der Waals surface area contributed by atoms with Crippen LogP contribution >= 0.6 is 15.6 Å². The van der Waals surface area contributed by atoms with Crippen molar-refractivity contribution >= 4 is 39.5 Å². The Balaban J connectivity index is 5.14. The van der Waals surface area contributed by atoms with Gasteiger partial charge in [-0.2, -0.15) is 0 Å². The fourth-order valence-corrected chi connectivity index (χ4v) is 13.2. The number of unbranched alkanes of at least 4 members (excludes halogenated alkanes) is 44. The van der Waals surface area contributed by atoms with Crippen molar-refractivity contribution in [3.8, 4) is 0 Å². The molecule has 0 aromatic carbocycles. The van der Waals surface area contributed by atoms with Crippen LogP contribution in [0.15, 0.2) is 0 Å². The molecule has 19 heteroatoms. The summed E-state index contributed by atoms with van der Waals surface area (Å²) in [5.74, 6) is -0.515. The number of hydrogen-bond acceptors (Lipinski definition) is 15. The van der Waals surface area contributed by atoms with E-state index in [1.165, 1.54) is 205 Å². The van der Waals surface area contributed by atoms with Gasteiger partial charge in [-0.3, -0.25) is 37.3 Å². The zero-order valence-electron chi connectivity index (χ0n) is 62.0. The van der Waals surface area contributed by atoms with Crippen molar-refractivity contribution in [2.24, 2.45) is 11.8 Å². The Morgan fingerprint density at radius 2 is 0.537 bits per heavy atom. The topological polar surface area (TPSA) is 237 Å². The lowest BCUT2D eigenvalue weighted by molar-refractivity contribution is -0.161. The molecule has 0 heterocycles. The molecule has 3 N–H and O–H groups in total. The first-order valence-electron chi connectivity index (χ1n) is 39.5. The van der Waals surface area contributed by atoms with Gasteiger partial charge >= 0.3 is 39.5 Å². The third kappa shape index (κ3) is 69.0. The summed E-state index contributed by atoms with van der Waals surface area (Å²) in [6, 6.07) is 0. The molecule has 0 aromatic rings. The minimum Gasteiger partial charge on any atom is -0.462 e. The molecule has 0 saturated carbocycles. The van der Waals surface area contributed by atoms with Crippen LogP contribution in [0.25, 0.3) is 0 Å². The molecular formula is C76H148O17P2. The Morgan fingerprint density at radius 3 is 0.800 bits per heavy atom. The smallest absolute Gasteiger partial charge is 0.462 e. The van der Waals surface area contributed by atoms with Crippen molar-refractivity contribution in [3.63, 3.8) is 0 Å². The summed E-state index contributed by atoms with van der Waals surface area (Å²) >= 11 is 0. The molecule has 0 bridgehead atoms. The van der Waals surface area contributed by atoms with Gasteiger partial charge in [0.2, 0.25) is 0 Å². The maximum Gasteiger partial charge on any atom is 0.472 e. The SMILES string of the molecule is CCCCCCCCCCCCCCCCCCCCC(=O)OC[C@H](COP(=O)(O)OC[C@@H](O)COP(=O)(O)OC[C@@H](COC(=O)CCCCCCC)OC(=O)CCCCCCCCCCCCCC(C)C)OC(=O)CCCCCCCCCCCCCCCCC(C)CC. The van der Waals surface area contributed by atoms with Crippen molar-refractivity contribution in [1.29, 1.82) is 0 Å². The fourth-order valence-electron chi connectivity index (χ4n) is 11.6. The normalized spacial score (nSPS) is 14.3. The van der Waals surface area contributed by atoms with Gasteiger partial charge in [0, 0.05) is 25.7 Å². The molecule has 0 aromatic heterocycles. The zero-order valence-corrected chi connectivity index (χ0v) is 63.8. The number of hydrogen-bond donors (Lipinski definition) is 3. The van der Waals surface area contributed by atoms with E-state index in [1.54, 1.807) is 0 Å². The fraction of sp³-hybridized carbons (Fsp3) is 0.947. The van der Waals surface area contributed by atoms with Gasteiger partial charge in [-0.1, -0.05) is 343 Å². The van der Waals surface area contributed by atoms with Crippen molar-refractivity contribution in [2.45, 2.75) is 413 Å². The van der Waals surface area contributed by atoms with E-state index in [2.05, 4.69) is 41.5 Å². The molecule has 0 radical (unpaired) electrons. The van der Waals surface area contributed by atoms with E-state index in [0.29, 0.717) is 25.7 Å². The predicted octanol–water partition coefficient (Wildman–Crippen LogP) is 22.3. The molecule has 0 aliphatic rings. The maximum atomic E-state index is 13.1. The van der Waals surface area contributed by atoms with Crippen LogP contribution in [0, 0.1) is 11.8 Å². The van der Waals surface area contributed by atoms with E-state index in [-0.39, 0.29) is 25.7 Å². The van der Waals surface area contributed by atoms with Crippen LogP contribution in [0.1, 0.15) is 395 Å². The summed E-state index contributed by atoms with van der Waals surface area (Å²) in [4.78, 5) is 72.5. The van der Waals surface area contributed by atoms with Gasteiger partial charge in [-0.05, 0) is 37.5 Å². The highest BCUT2D eigenvalue weighted by Crippen LogP contribution is 2.45. The molecule has 564 valence electrons. The number of phosphoric ester groups is 2. The highest BCUT2D eigenvalue weighted by molar-refractivity contribution is 7.47. The minimum atomic E-state index is -4.96. The number of aliphatic hydroxyl groups is 1. The average molecular weight is 1400 g/mol. The second-order valence-electron chi connectivity index (χ2n) is 28.1. The van der Waals surface area contributed by atoms with E-state index in [9.17, 15) is 43.2 Å². The second-order valence-corrected chi connectivity index (χ2v) is 31.0. The number of carbonyl (C=O) groups is 4. The number of rotatable bonds is 75. The van der Waals surface area contributed by atoms with Gasteiger partial charge in [-0.25, -0.2) is 9.13 Å². The van der Waals surface area contributed by atoms with Gasteiger partial charge in [0.25, 0.3) is 0 Å². The van der Waals surface area contributed by atoms with E-state index < -0.39 is 97.5 Å². The molecule has 0 aliphatic heterocycles. The summed E-state index contributed by atoms with van der Waals surface area (Å²) in [7, 11) is -9.90. The van der Waals surface area contributed by atoms with Crippen molar-refractivity contribution in [1.82, 2.24) is 0 Å². The number of phosphoric acid groups is 2. The zero-order chi connectivity index (χ0) is 70.0. The van der Waals surface area contributed by atoms with E-state index in [4.69, 9.17) is 37.0 Å². The number of aliphatic hydroxyl groups excluding tert-OH is 1. The first-order chi connectivity index (χ1) is 45.9. The Labute approximate surface area is 581 Å². The molecule has 95 heavy (non-hydrogen) atoms. The summed E-state index contributed by atoms with van der Waals surface area (Å²) in [6.45, 7) is 9.56. The molecule has 3 unspecified atom stereocenters.